The van der Waals surface area contributed by atoms with E-state index < -0.39 is 6.10 Å². The lowest BCUT2D eigenvalue weighted by Gasteiger charge is -2.18. The Morgan fingerprint density at radius 1 is 0.266 bits per heavy atom. The second-order valence-electron chi connectivity index (χ2n) is 20.9. The van der Waals surface area contributed by atoms with Gasteiger partial charge in [-0.3, -0.25) is 14.4 Å². The van der Waals surface area contributed by atoms with Crippen LogP contribution >= 0.6 is 0 Å². The summed E-state index contributed by atoms with van der Waals surface area (Å²) in [5.74, 6) is -0.986. The van der Waals surface area contributed by atoms with Gasteiger partial charge < -0.3 is 14.2 Å². The van der Waals surface area contributed by atoms with Crippen LogP contribution in [0.1, 0.15) is 278 Å². The van der Waals surface area contributed by atoms with Gasteiger partial charge in [0, 0.05) is 19.3 Å². The molecule has 0 aromatic heterocycles. The molecule has 6 nitrogen and oxygen atoms in total. The summed E-state index contributed by atoms with van der Waals surface area (Å²) >= 11 is 0. The van der Waals surface area contributed by atoms with Gasteiger partial charge in [0.1, 0.15) is 13.2 Å². The molecule has 0 amide bonds. The summed E-state index contributed by atoms with van der Waals surface area (Å²) < 4.78 is 16.9. The summed E-state index contributed by atoms with van der Waals surface area (Å²) in [5, 5.41) is 0. The van der Waals surface area contributed by atoms with E-state index in [-0.39, 0.29) is 31.1 Å². The molecule has 6 heteroatoms. The zero-order valence-electron chi connectivity index (χ0n) is 51.1. The first kappa shape index (κ1) is 74.3. The number of esters is 3. The molecule has 0 bridgehead atoms. The number of unbranched alkanes of at least 4 members (excludes halogenated alkanes) is 22. The second kappa shape index (κ2) is 65.8. The third-order valence-electron chi connectivity index (χ3n) is 13.3. The smallest absolute Gasteiger partial charge is 0.306 e. The minimum Gasteiger partial charge on any atom is -0.462 e. The Labute approximate surface area is 487 Å². The van der Waals surface area contributed by atoms with Crippen molar-refractivity contribution in [3.63, 3.8) is 0 Å². The second-order valence-corrected chi connectivity index (χ2v) is 20.9. The molecule has 1 unspecified atom stereocenters. The molecule has 0 fully saturated rings. The van der Waals surface area contributed by atoms with Crippen molar-refractivity contribution in [2.24, 2.45) is 0 Å². The quantitative estimate of drug-likeness (QED) is 0.0261. The van der Waals surface area contributed by atoms with Crippen molar-refractivity contribution >= 4 is 17.9 Å². The van der Waals surface area contributed by atoms with Crippen LogP contribution in [0.5, 0.6) is 0 Å². The summed E-state index contributed by atoms with van der Waals surface area (Å²) in [7, 11) is 0. The molecule has 0 aliphatic carbocycles. The number of rotatable bonds is 57. The number of carbonyl (C=O) groups is 3. The maximum atomic E-state index is 12.9. The van der Waals surface area contributed by atoms with Gasteiger partial charge in [0.15, 0.2) is 6.10 Å². The largest absolute Gasteiger partial charge is 0.462 e. The molecule has 0 spiro atoms. The number of carbonyl (C=O) groups excluding carboxylic acids is 3. The fourth-order valence-corrected chi connectivity index (χ4v) is 8.53. The Balaban J connectivity index is 4.45. The Morgan fingerprint density at radius 2 is 0.494 bits per heavy atom. The summed E-state index contributed by atoms with van der Waals surface area (Å²) in [4.78, 5) is 38.3. The summed E-state index contributed by atoms with van der Waals surface area (Å²) in [6.07, 6.45) is 94.3. The van der Waals surface area contributed by atoms with Crippen molar-refractivity contribution < 1.29 is 28.6 Å². The molecule has 0 saturated carbocycles. The number of hydrogen-bond acceptors (Lipinski definition) is 6. The first-order valence-corrected chi connectivity index (χ1v) is 32.3. The summed E-state index contributed by atoms with van der Waals surface area (Å²) in [5.41, 5.74) is 0. The van der Waals surface area contributed by atoms with Crippen LogP contribution < -0.4 is 0 Å². The minimum absolute atomic E-state index is 0.113. The van der Waals surface area contributed by atoms with E-state index in [9.17, 15) is 14.4 Å². The van der Waals surface area contributed by atoms with Crippen molar-refractivity contribution in [1.82, 2.24) is 0 Å². The number of allylic oxidation sites excluding steroid dienone is 24. The molecule has 0 rings (SSSR count). The van der Waals surface area contributed by atoms with E-state index in [1.54, 1.807) is 0 Å². The fraction of sp³-hybridized carbons (Fsp3) is 0.630. The highest BCUT2D eigenvalue weighted by Gasteiger charge is 2.19. The molecular formula is C73H118O6. The fourth-order valence-electron chi connectivity index (χ4n) is 8.53. The highest BCUT2D eigenvalue weighted by molar-refractivity contribution is 5.71. The third-order valence-corrected chi connectivity index (χ3v) is 13.3. The van der Waals surface area contributed by atoms with Crippen molar-refractivity contribution in [1.29, 1.82) is 0 Å². The van der Waals surface area contributed by atoms with E-state index >= 15 is 0 Å². The molecule has 0 aliphatic heterocycles. The van der Waals surface area contributed by atoms with Crippen molar-refractivity contribution in [2.75, 3.05) is 13.2 Å². The average molecular weight is 1090 g/mol. The Hall–Kier alpha value is -4.71. The van der Waals surface area contributed by atoms with Crippen LogP contribution in [0.2, 0.25) is 0 Å². The van der Waals surface area contributed by atoms with Crippen molar-refractivity contribution in [3.05, 3.63) is 146 Å². The normalized spacial score (nSPS) is 13.1. The number of ether oxygens (including phenoxy) is 3. The SMILES string of the molecule is CC/C=C\C/C=C\C/C=C\C/C=C\C/C=C\C/C=C\C/C=C\C/C=C\CCCCC(=O)OCC(COC(=O)CCCCC/C=C\C/C=C\C/C=C\CC)OC(=O)CCCCCCCCCCC/C=C\CCCCCCCCCC. The van der Waals surface area contributed by atoms with Crippen LogP contribution in [-0.2, 0) is 28.6 Å². The van der Waals surface area contributed by atoms with Gasteiger partial charge in [-0.1, -0.05) is 263 Å². The molecule has 446 valence electrons. The Bertz CT molecular complexity index is 1730. The van der Waals surface area contributed by atoms with Gasteiger partial charge in [-0.15, -0.1) is 0 Å². The lowest BCUT2D eigenvalue weighted by atomic mass is 10.1. The van der Waals surface area contributed by atoms with E-state index in [0.29, 0.717) is 25.7 Å². The monoisotopic (exact) mass is 1090 g/mol. The average Bonchev–Trinajstić information content (AvgIpc) is 3.45. The van der Waals surface area contributed by atoms with Crippen LogP contribution in [-0.4, -0.2) is 37.2 Å². The molecule has 0 N–H and O–H groups in total. The van der Waals surface area contributed by atoms with E-state index in [2.05, 4.69) is 167 Å². The Morgan fingerprint density at radius 3 is 0.823 bits per heavy atom. The molecule has 0 aromatic carbocycles. The van der Waals surface area contributed by atoms with Crippen molar-refractivity contribution in [3.8, 4) is 0 Å². The van der Waals surface area contributed by atoms with Gasteiger partial charge in [0.25, 0.3) is 0 Å². The summed E-state index contributed by atoms with van der Waals surface area (Å²) in [6.45, 7) is 6.35. The van der Waals surface area contributed by atoms with Crippen molar-refractivity contribution in [2.45, 2.75) is 284 Å². The maximum Gasteiger partial charge on any atom is 0.306 e. The minimum atomic E-state index is -0.817. The molecule has 0 aromatic rings. The van der Waals surface area contributed by atoms with E-state index in [1.807, 2.05) is 0 Å². The van der Waals surface area contributed by atoms with Crippen LogP contribution in [0.3, 0.4) is 0 Å². The molecular weight excluding hydrogens is 973 g/mol. The topological polar surface area (TPSA) is 78.9 Å². The zero-order chi connectivity index (χ0) is 57.1. The lowest BCUT2D eigenvalue weighted by molar-refractivity contribution is -0.167. The summed E-state index contributed by atoms with van der Waals surface area (Å²) in [6, 6.07) is 0. The van der Waals surface area contributed by atoms with Gasteiger partial charge in [0.2, 0.25) is 0 Å². The van der Waals surface area contributed by atoms with Gasteiger partial charge in [-0.2, -0.15) is 0 Å². The molecule has 0 aliphatic rings. The standard InChI is InChI=1S/C73H118O6/c1-4-7-10-13-16-19-22-25-27-29-31-33-34-35-36-37-38-40-41-43-45-48-51-54-57-60-63-66-72(75)78-69-70(68-77-71(74)65-62-59-56-53-50-47-24-21-18-15-12-9-6-3)79-73(76)67-64-61-58-55-52-49-46-44-42-39-32-30-28-26-23-20-17-14-11-8-5-2/h7,9-10,12,16,18-19,21,25,27,30-33,35-36,38,40,43,45,47,50-51,54,70H,4-6,8,11,13-15,17,20,22-24,26,28-29,34,37,39,41-42,44,46,48-49,52-53,55-69H2,1-3H3/b10-7-,12-9-,19-16-,21-18-,27-25-,32-30-,33-31-,36-35-,40-38-,45-43-,50-47-,54-51-. The zero-order valence-corrected chi connectivity index (χ0v) is 51.1. The van der Waals surface area contributed by atoms with E-state index in [4.69, 9.17) is 14.2 Å². The van der Waals surface area contributed by atoms with E-state index in [1.165, 1.54) is 103 Å². The Kier molecular flexibility index (Phi) is 61.9. The first-order chi connectivity index (χ1) is 39.0. The lowest BCUT2D eigenvalue weighted by Crippen LogP contribution is -2.30. The maximum absolute atomic E-state index is 12.9. The van der Waals surface area contributed by atoms with Gasteiger partial charge in [-0.25, -0.2) is 0 Å². The predicted octanol–water partition coefficient (Wildman–Crippen LogP) is 22.3. The number of hydrogen-bond donors (Lipinski definition) is 0. The highest BCUT2D eigenvalue weighted by Crippen LogP contribution is 2.15. The molecule has 79 heavy (non-hydrogen) atoms. The van der Waals surface area contributed by atoms with Gasteiger partial charge in [0.05, 0.1) is 0 Å². The van der Waals surface area contributed by atoms with Gasteiger partial charge >= 0.3 is 17.9 Å². The molecule has 0 saturated heterocycles. The molecule has 0 heterocycles. The van der Waals surface area contributed by atoms with Crippen LogP contribution in [0, 0.1) is 0 Å². The predicted molar refractivity (Wildman–Crippen MR) is 343 cm³/mol. The van der Waals surface area contributed by atoms with Crippen LogP contribution in [0.25, 0.3) is 0 Å². The van der Waals surface area contributed by atoms with Gasteiger partial charge in [-0.05, 0) is 141 Å². The van der Waals surface area contributed by atoms with E-state index in [0.717, 1.165) is 128 Å². The highest BCUT2D eigenvalue weighted by atomic mass is 16.6. The van der Waals surface area contributed by atoms with Crippen LogP contribution in [0.15, 0.2) is 146 Å². The van der Waals surface area contributed by atoms with Crippen LogP contribution in [0.4, 0.5) is 0 Å². The molecule has 1 atom stereocenters. The first-order valence-electron chi connectivity index (χ1n) is 32.3. The third kappa shape index (κ3) is 64.0. The molecule has 0 radical (unpaired) electrons.